The number of methoxy groups -OCH3 is 1. The molecule has 130 valence electrons. The Morgan fingerprint density at radius 3 is 2.68 bits per heavy atom. The van der Waals surface area contributed by atoms with Crippen LogP contribution in [-0.4, -0.2) is 28.2 Å². The van der Waals surface area contributed by atoms with Crippen molar-refractivity contribution >= 4 is 18.1 Å². The molecule has 2 heterocycles. The maximum absolute atomic E-state index is 12.7. The van der Waals surface area contributed by atoms with Crippen LogP contribution in [0, 0.1) is 0 Å². The van der Waals surface area contributed by atoms with Gasteiger partial charge in [0.15, 0.2) is 5.88 Å². The van der Waals surface area contributed by atoms with E-state index < -0.39 is 11.4 Å². The first kappa shape index (κ1) is 18.2. The first-order valence-electron chi connectivity index (χ1n) is 7.72. The number of hydrogen-bond acceptors (Lipinski definition) is 4. The van der Waals surface area contributed by atoms with Crippen LogP contribution in [-0.2, 0) is 6.42 Å². The lowest BCUT2D eigenvalue weighted by molar-refractivity contribution is 0.0694. The number of aromatic nitrogens is 2. The molecule has 0 aliphatic carbocycles. The van der Waals surface area contributed by atoms with Crippen LogP contribution >= 0.6 is 0 Å². The van der Waals surface area contributed by atoms with Crippen LogP contribution in [0.5, 0.6) is 5.88 Å². The second-order valence-electron chi connectivity index (χ2n) is 5.67. The minimum absolute atomic E-state index is 0.180. The van der Waals surface area contributed by atoms with Gasteiger partial charge < -0.3 is 14.8 Å². The molecule has 0 amide bonds. The number of rotatable bonds is 6. The third-order valence-corrected chi connectivity index (χ3v) is 3.55. The summed E-state index contributed by atoms with van der Waals surface area (Å²) in [5.41, 5.74) is 1.43. The molecule has 2 rings (SSSR count). The van der Waals surface area contributed by atoms with Crippen LogP contribution in [0.4, 0.5) is 0 Å². The summed E-state index contributed by atoms with van der Waals surface area (Å²) in [5, 5.41) is 9.49. The highest BCUT2D eigenvalue weighted by molar-refractivity contribution is 5.93. The fourth-order valence-corrected chi connectivity index (χ4v) is 2.29. The van der Waals surface area contributed by atoms with Crippen molar-refractivity contribution in [3.8, 4) is 5.88 Å². The number of ether oxygens (including phenoxy) is 1. The fourth-order valence-electron chi connectivity index (χ4n) is 2.29. The summed E-state index contributed by atoms with van der Waals surface area (Å²) >= 11 is 0. The average Bonchev–Trinajstić information content (AvgIpc) is 2.58. The molecule has 0 bridgehead atoms. The molecular formula is C19H20N2O4. The molecule has 2 aromatic heterocycles. The predicted octanol–water partition coefficient (Wildman–Crippen LogP) is 3.16. The molecule has 0 aromatic carbocycles. The van der Waals surface area contributed by atoms with E-state index in [1.54, 1.807) is 24.5 Å². The molecule has 0 fully saturated rings. The molecule has 0 aliphatic heterocycles. The summed E-state index contributed by atoms with van der Waals surface area (Å²) in [6, 6.07) is 3.59. The van der Waals surface area contributed by atoms with Crippen molar-refractivity contribution in [2.45, 2.75) is 20.3 Å². The zero-order valence-corrected chi connectivity index (χ0v) is 14.4. The Morgan fingerprint density at radius 2 is 2.12 bits per heavy atom. The number of aromatic carboxylic acids is 1. The molecule has 6 nitrogen and oxygen atoms in total. The molecule has 0 atom stereocenters. The van der Waals surface area contributed by atoms with E-state index in [1.807, 2.05) is 26.0 Å². The molecule has 2 aromatic rings. The van der Waals surface area contributed by atoms with Crippen LogP contribution < -0.4 is 10.2 Å². The molecule has 2 N–H and O–H groups in total. The van der Waals surface area contributed by atoms with Gasteiger partial charge in [0, 0.05) is 12.4 Å². The van der Waals surface area contributed by atoms with Crippen LogP contribution in [0.1, 0.15) is 41.0 Å². The van der Waals surface area contributed by atoms with Gasteiger partial charge >= 0.3 is 5.97 Å². The van der Waals surface area contributed by atoms with Crippen molar-refractivity contribution in [2.75, 3.05) is 7.11 Å². The number of allylic oxidation sites excluding steroid dienone is 2. The molecule has 0 unspecified atom stereocenters. The van der Waals surface area contributed by atoms with E-state index in [2.05, 4.69) is 9.97 Å². The summed E-state index contributed by atoms with van der Waals surface area (Å²) in [6.45, 7) is 3.81. The van der Waals surface area contributed by atoms with Crippen molar-refractivity contribution < 1.29 is 14.6 Å². The van der Waals surface area contributed by atoms with Crippen molar-refractivity contribution in [1.29, 1.82) is 0 Å². The predicted molar refractivity (Wildman–Crippen MR) is 96.9 cm³/mol. The van der Waals surface area contributed by atoms with Crippen LogP contribution in [0.15, 0.2) is 41.0 Å². The number of nitrogens with zero attached hydrogens (tertiary/aromatic N) is 1. The Morgan fingerprint density at radius 1 is 1.36 bits per heavy atom. The first-order valence-corrected chi connectivity index (χ1v) is 7.72. The number of H-pyrrole nitrogens is 1. The Kier molecular flexibility index (Phi) is 5.89. The Hall–Kier alpha value is -3.15. The Balaban J connectivity index is 2.58. The SMILES string of the molecule is COc1[nH]c(/C=C/c2cccnc2)c(C(=O)O)c(=O)c1CC=C(C)C. The Labute approximate surface area is 145 Å². The van der Waals surface area contributed by atoms with Gasteiger partial charge in [-0.15, -0.1) is 0 Å². The lowest BCUT2D eigenvalue weighted by Crippen LogP contribution is -2.22. The van der Waals surface area contributed by atoms with E-state index >= 15 is 0 Å². The molecular weight excluding hydrogens is 320 g/mol. The number of aromatic amines is 1. The van der Waals surface area contributed by atoms with E-state index in [1.165, 1.54) is 13.2 Å². The second kappa shape index (κ2) is 8.10. The number of hydrogen-bond donors (Lipinski definition) is 2. The van der Waals surface area contributed by atoms with Gasteiger partial charge in [0.2, 0.25) is 5.43 Å². The third-order valence-electron chi connectivity index (χ3n) is 3.55. The topological polar surface area (TPSA) is 92.3 Å². The van der Waals surface area contributed by atoms with Crippen molar-refractivity contribution in [1.82, 2.24) is 9.97 Å². The monoisotopic (exact) mass is 340 g/mol. The lowest BCUT2D eigenvalue weighted by Gasteiger charge is -2.11. The largest absolute Gasteiger partial charge is 0.482 e. The molecule has 0 saturated carbocycles. The van der Waals surface area contributed by atoms with Gasteiger partial charge in [-0.25, -0.2) is 4.79 Å². The van der Waals surface area contributed by atoms with Gasteiger partial charge in [0.05, 0.1) is 18.4 Å². The zero-order valence-electron chi connectivity index (χ0n) is 14.4. The van der Waals surface area contributed by atoms with Gasteiger partial charge in [0.25, 0.3) is 0 Å². The molecule has 0 aliphatic rings. The van der Waals surface area contributed by atoms with Crippen molar-refractivity contribution in [3.05, 3.63) is 68.8 Å². The van der Waals surface area contributed by atoms with Crippen molar-refractivity contribution in [3.63, 3.8) is 0 Å². The number of carboxylic acids is 1. The maximum Gasteiger partial charge on any atom is 0.341 e. The minimum atomic E-state index is -1.28. The fraction of sp³-hybridized carbons (Fsp3) is 0.211. The van der Waals surface area contributed by atoms with E-state index in [0.29, 0.717) is 12.0 Å². The quantitative estimate of drug-likeness (QED) is 0.788. The maximum atomic E-state index is 12.7. The highest BCUT2D eigenvalue weighted by atomic mass is 16.5. The van der Waals surface area contributed by atoms with E-state index in [4.69, 9.17) is 4.74 Å². The van der Waals surface area contributed by atoms with Crippen LogP contribution in [0.2, 0.25) is 0 Å². The molecule has 6 heteroatoms. The van der Waals surface area contributed by atoms with Crippen molar-refractivity contribution in [2.24, 2.45) is 0 Å². The van der Waals surface area contributed by atoms with E-state index in [-0.39, 0.29) is 17.1 Å². The summed E-state index contributed by atoms with van der Waals surface area (Å²) < 4.78 is 5.26. The standard InChI is InChI=1S/C19H20N2O4/c1-12(2)6-8-14-17(22)16(19(23)24)15(21-18(14)25-3)9-7-13-5-4-10-20-11-13/h4-7,9-11H,8H2,1-3H3,(H,21,22)(H,23,24)/b9-7+. The Bertz CT molecular complexity index is 876. The number of carboxylic acid groups (broad SMARTS) is 1. The smallest absolute Gasteiger partial charge is 0.341 e. The van der Waals surface area contributed by atoms with Crippen LogP contribution in [0.25, 0.3) is 12.2 Å². The van der Waals surface area contributed by atoms with Gasteiger partial charge in [-0.3, -0.25) is 9.78 Å². The molecule has 25 heavy (non-hydrogen) atoms. The van der Waals surface area contributed by atoms with Crippen LogP contribution in [0.3, 0.4) is 0 Å². The zero-order chi connectivity index (χ0) is 18.4. The highest BCUT2D eigenvalue weighted by Gasteiger charge is 2.20. The first-order chi connectivity index (χ1) is 11.9. The number of nitrogens with one attached hydrogen (secondary N) is 1. The van der Waals surface area contributed by atoms with Gasteiger partial charge in [-0.1, -0.05) is 23.8 Å². The highest BCUT2D eigenvalue weighted by Crippen LogP contribution is 2.18. The lowest BCUT2D eigenvalue weighted by atomic mass is 10.0. The molecule has 0 saturated heterocycles. The molecule has 0 radical (unpaired) electrons. The summed E-state index contributed by atoms with van der Waals surface area (Å²) in [5.74, 6) is -1.02. The average molecular weight is 340 g/mol. The summed E-state index contributed by atoms with van der Waals surface area (Å²) in [7, 11) is 1.44. The van der Waals surface area contributed by atoms with Gasteiger partial charge in [0.1, 0.15) is 5.56 Å². The van der Waals surface area contributed by atoms with E-state index in [9.17, 15) is 14.7 Å². The molecule has 0 spiro atoms. The minimum Gasteiger partial charge on any atom is -0.482 e. The van der Waals surface area contributed by atoms with E-state index in [0.717, 1.165) is 11.1 Å². The number of carbonyl (C=O) groups is 1. The number of pyridine rings is 2. The normalized spacial score (nSPS) is 10.7. The van der Waals surface area contributed by atoms with Gasteiger partial charge in [-0.05, 0) is 38.0 Å². The summed E-state index contributed by atoms with van der Waals surface area (Å²) in [4.78, 5) is 31.2. The second-order valence-corrected chi connectivity index (χ2v) is 5.67. The summed E-state index contributed by atoms with van der Waals surface area (Å²) in [6.07, 6.45) is 8.64. The third kappa shape index (κ3) is 4.44. The van der Waals surface area contributed by atoms with Gasteiger partial charge in [-0.2, -0.15) is 0 Å².